The third-order valence-corrected chi connectivity index (χ3v) is 5.71. The van der Waals surface area contributed by atoms with Gasteiger partial charge in [0.25, 0.3) is 0 Å². The van der Waals surface area contributed by atoms with Crippen LogP contribution in [0.3, 0.4) is 0 Å². The van der Waals surface area contributed by atoms with Crippen molar-refractivity contribution >= 4 is 11.3 Å². The zero-order valence-electron chi connectivity index (χ0n) is 15.3. The van der Waals surface area contributed by atoms with E-state index >= 15 is 0 Å². The van der Waals surface area contributed by atoms with E-state index < -0.39 is 0 Å². The summed E-state index contributed by atoms with van der Waals surface area (Å²) >= 11 is 1.91. The minimum absolute atomic E-state index is 0.199. The molecule has 0 saturated carbocycles. The Bertz CT molecular complexity index is 829. The molecule has 0 N–H and O–H groups in total. The summed E-state index contributed by atoms with van der Waals surface area (Å²) in [4.78, 5) is 2.79. The third-order valence-electron chi connectivity index (χ3n) is 4.58. The minimum atomic E-state index is 0.199. The zero-order valence-corrected chi connectivity index (χ0v) is 16.1. The second-order valence-corrected chi connectivity index (χ2v) is 8.87. The van der Waals surface area contributed by atoms with Crippen LogP contribution < -0.4 is 0 Å². The number of benzene rings is 2. The van der Waals surface area contributed by atoms with Crippen molar-refractivity contribution in [3.63, 3.8) is 0 Å². The molecule has 0 bridgehead atoms. The molecule has 1 heterocycles. The first-order valence-electron chi connectivity index (χ1n) is 8.59. The van der Waals surface area contributed by atoms with Crippen molar-refractivity contribution in [2.24, 2.45) is 0 Å². The summed E-state index contributed by atoms with van der Waals surface area (Å²) in [5, 5.41) is 0. The van der Waals surface area contributed by atoms with Crippen LogP contribution in [0.1, 0.15) is 47.9 Å². The van der Waals surface area contributed by atoms with Crippen molar-refractivity contribution in [2.75, 3.05) is 0 Å². The molecule has 0 aliphatic heterocycles. The maximum Gasteiger partial charge on any atom is 0.0345 e. The van der Waals surface area contributed by atoms with Crippen LogP contribution >= 0.6 is 11.3 Å². The second-order valence-electron chi connectivity index (χ2n) is 7.70. The van der Waals surface area contributed by atoms with E-state index in [0.29, 0.717) is 0 Å². The molecule has 0 radical (unpaired) electrons. The van der Waals surface area contributed by atoms with Gasteiger partial charge in [-0.2, -0.15) is 0 Å². The molecule has 0 spiro atoms. The Labute approximate surface area is 150 Å². The molecule has 2 aromatic carbocycles. The first kappa shape index (κ1) is 17.0. The van der Waals surface area contributed by atoms with Gasteiger partial charge in [0.2, 0.25) is 0 Å². The van der Waals surface area contributed by atoms with E-state index in [0.717, 1.165) is 6.42 Å². The van der Waals surface area contributed by atoms with Crippen molar-refractivity contribution < 1.29 is 0 Å². The van der Waals surface area contributed by atoms with E-state index in [1.54, 1.807) is 0 Å². The quantitative estimate of drug-likeness (QED) is 0.487. The van der Waals surface area contributed by atoms with Crippen molar-refractivity contribution in [3.05, 3.63) is 81.7 Å². The van der Waals surface area contributed by atoms with Crippen LogP contribution in [-0.2, 0) is 11.8 Å². The average Bonchev–Trinajstić information content (AvgIpc) is 2.97. The van der Waals surface area contributed by atoms with Gasteiger partial charge in [0.1, 0.15) is 0 Å². The Kier molecular flexibility index (Phi) is 4.64. The van der Waals surface area contributed by atoms with Crippen molar-refractivity contribution in [2.45, 2.75) is 46.5 Å². The molecule has 0 unspecified atom stereocenters. The summed E-state index contributed by atoms with van der Waals surface area (Å²) in [5.41, 5.74) is 7.07. The topological polar surface area (TPSA) is 0 Å². The van der Waals surface area contributed by atoms with Crippen LogP contribution in [0.25, 0.3) is 10.4 Å². The molecule has 1 heteroatoms. The van der Waals surface area contributed by atoms with Crippen molar-refractivity contribution in [1.29, 1.82) is 0 Å². The molecular formula is C23H26S. The molecule has 0 aliphatic rings. The van der Waals surface area contributed by atoms with E-state index in [1.165, 1.54) is 37.6 Å². The van der Waals surface area contributed by atoms with Crippen LogP contribution in [0.4, 0.5) is 0 Å². The van der Waals surface area contributed by atoms with Crippen LogP contribution in [0.15, 0.2) is 54.6 Å². The molecule has 3 rings (SSSR count). The lowest BCUT2D eigenvalue weighted by Gasteiger charge is -2.20. The largest absolute Gasteiger partial charge is 0.140 e. The predicted molar refractivity (Wildman–Crippen MR) is 107 cm³/mol. The van der Waals surface area contributed by atoms with Gasteiger partial charge in [-0.1, -0.05) is 68.8 Å². The molecule has 0 aliphatic carbocycles. The van der Waals surface area contributed by atoms with Crippen molar-refractivity contribution in [3.8, 4) is 10.4 Å². The SMILES string of the molecule is Cc1ccc(-c2ccc(Cc3cc(C(C)(C)C)ccc3C)s2)cc1. The summed E-state index contributed by atoms with van der Waals surface area (Å²) in [6.45, 7) is 11.2. The first-order valence-corrected chi connectivity index (χ1v) is 9.40. The Morgan fingerprint density at radius 3 is 2.21 bits per heavy atom. The van der Waals surface area contributed by atoms with Crippen molar-refractivity contribution in [1.82, 2.24) is 0 Å². The van der Waals surface area contributed by atoms with Crippen LogP contribution in [0, 0.1) is 13.8 Å². The summed E-state index contributed by atoms with van der Waals surface area (Å²) in [6, 6.07) is 20.3. The fourth-order valence-corrected chi connectivity index (χ4v) is 3.90. The van der Waals surface area contributed by atoms with E-state index in [2.05, 4.69) is 89.2 Å². The zero-order chi connectivity index (χ0) is 17.3. The van der Waals surface area contributed by atoms with Gasteiger partial charge in [-0.25, -0.2) is 0 Å². The Morgan fingerprint density at radius 2 is 1.54 bits per heavy atom. The van der Waals surface area contributed by atoms with E-state index in [9.17, 15) is 0 Å². The lowest BCUT2D eigenvalue weighted by molar-refractivity contribution is 0.589. The van der Waals surface area contributed by atoms with Gasteiger partial charge in [-0.05, 0) is 53.6 Å². The van der Waals surface area contributed by atoms with Gasteiger partial charge < -0.3 is 0 Å². The number of thiophene rings is 1. The third kappa shape index (κ3) is 3.79. The minimum Gasteiger partial charge on any atom is -0.140 e. The van der Waals surface area contributed by atoms with E-state index in [4.69, 9.17) is 0 Å². The Hall–Kier alpha value is -1.86. The summed E-state index contributed by atoms with van der Waals surface area (Å²) in [6.07, 6.45) is 1.02. The predicted octanol–water partition coefficient (Wildman–Crippen LogP) is 6.92. The normalized spacial score (nSPS) is 11.7. The second kappa shape index (κ2) is 6.57. The molecule has 124 valence electrons. The van der Waals surface area contributed by atoms with Gasteiger partial charge in [-0.15, -0.1) is 11.3 Å². The molecule has 0 saturated heterocycles. The smallest absolute Gasteiger partial charge is 0.0345 e. The highest BCUT2D eigenvalue weighted by molar-refractivity contribution is 7.15. The standard InChI is InChI=1S/C23H26S/c1-16-6-9-18(10-7-16)22-13-12-21(24-22)15-19-14-20(23(3,4)5)11-8-17(19)2/h6-14H,15H2,1-5H3. The first-order chi connectivity index (χ1) is 11.3. The Balaban J connectivity index is 1.86. The number of rotatable bonds is 3. The monoisotopic (exact) mass is 334 g/mol. The highest BCUT2D eigenvalue weighted by atomic mass is 32.1. The molecule has 3 aromatic rings. The van der Waals surface area contributed by atoms with E-state index in [-0.39, 0.29) is 5.41 Å². The van der Waals surface area contributed by atoms with Gasteiger partial charge in [0.15, 0.2) is 0 Å². The molecule has 1 aromatic heterocycles. The highest BCUT2D eigenvalue weighted by Crippen LogP contribution is 2.31. The lowest BCUT2D eigenvalue weighted by atomic mass is 9.85. The molecule has 24 heavy (non-hydrogen) atoms. The fraction of sp³-hybridized carbons (Fsp3) is 0.304. The maximum absolute atomic E-state index is 2.39. The van der Waals surface area contributed by atoms with E-state index in [1.807, 2.05) is 11.3 Å². The molecule has 0 nitrogen and oxygen atoms in total. The average molecular weight is 335 g/mol. The van der Waals surface area contributed by atoms with Gasteiger partial charge >= 0.3 is 0 Å². The van der Waals surface area contributed by atoms with Crippen LogP contribution in [0.5, 0.6) is 0 Å². The molecule has 0 atom stereocenters. The lowest BCUT2D eigenvalue weighted by Crippen LogP contribution is -2.11. The van der Waals surface area contributed by atoms with Crippen LogP contribution in [-0.4, -0.2) is 0 Å². The summed E-state index contributed by atoms with van der Waals surface area (Å²) < 4.78 is 0. The Morgan fingerprint density at radius 1 is 0.833 bits per heavy atom. The number of hydrogen-bond donors (Lipinski definition) is 0. The fourth-order valence-electron chi connectivity index (χ4n) is 2.86. The molecular weight excluding hydrogens is 308 g/mol. The summed E-state index contributed by atoms with van der Waals surface area (Å²) in [5.74, 6) is 0. The van der Waals surface area contributed by atoms with Gasteiger partial charge in [-0.3, -0.25) is 0 Å². The molecule has 0 amide bonds. The number of aryl methyl sites for hydroxylation is 2. The summed E-state index contributed by atoms with van der Waals surface area (Å²) in [7, 11) is 0. The molecule has 0 fully saturated rings. The number of hydrogen-bond acceptors (Lipinski definition) is 1. The van der Waals surface area contributed by atoms with Gasteiger partial charge in [0.05, 0.1) is 0 Å². The van der Waals surface area contributed by atoms with Gasteiger partial charge in [0, 0.05) is 16.2 Å². The highest BCUT2D eigenvalue weighted by Gasteiger charge is 2.15. The maximum atomic E-state index is 2.39. The van der Waals surface area contributed by atoms with Crippen LogP contribution in [0.2, 0.25) is 0 Å².